The van der Waals surface area contributed by atoms with Crippen molar-refractivity contribution in [3.63, 3.8) is 0 Å². The predicted octanol–water partition coefficient (Wildman–Crippen LogP) is 3.44. The summed E-state index contributed by atoms with van der Waals surface area (Å²) in [5.41, 5.74) is 1.84. The van der Waals surface area contributed by atoms with Crippen LogP contribution in [0.25, 0.3) is 10.8 Å². The number of hydrogen-bond donors (Lipinski definition) is 3. The Morgan fingerprint density at radius 3 is 2.76 bits per heavy atom. The molecule has 0 spiro atoms. The highest BCUT2D eigenvalue weighted by Crippen LogP contribution is 2.26. The molecule has 2 aromatic carbocycles. The van der Waals surface area contributed by atoms with E-state index in [1.807, 2.05) is 42.5 Å². The number of aromatic amines is 1. The Labute approximate surface area is 122 Å². The lowest BCUT2D eigenvalue weighted by Gasteiger charge is -2.06. The molecule has 3 N–H and O–H groups in total. The molecule has 1 aromatic heterocycles. The average Bonchev–Trinajstić information content (AvgIpc) is 2.87. The summed E-state index contributed by atoms with van der Waals surface area (Å²) in [6.07, 6.45) is 2.87. The molecule has 1 amide bonds. The molecule has 0 atom stereocenters. The van der Waals surface area contributed by atoms with E-state index in [9.17, 15) is 9.90 Å². The molecule has 3 rings (SSSR count). The largest absolute Gasteiger partial charge is 0.494 e. The fourth-order valence-corrected chi connectivity index (χ4v) is 2.31. The van der Waals surface area contributed by atoms with E-state index in [1.54, 1.807) is 12.3 Å². The second-order valence-corrected chi connectivity index (χ2v) is 4.97. The molecular formula is C17H16N2O2. The monoisotopic (exact) mass is 280 g/mol. The van der Waals surface area contributed by atoms with Crippen LogP contribution in [0.2, 0.25) is 0 Å². The van der Waals surface area contributed by atoms with E-state index in [1.165, 1.54) is 0 Å². The van der Waals surface area contributed by atoms with Crippen molar-refractivity contribution in [1.29, 1.82) is 0 Å². The molecule has 4 heteroatoms. The number of aromatic hydroxyl groups is 1. The molecule has 0 aliphatic heterocycles. The van der Waals surface area contributed by atoms with E-state index >= 15 is 0 Å². The standard InChI is InChI=1S/C17H16N2O2/c20-16(9-6-12-4-2-1-3-5-12)19-14-8-7-13-11-18-17(21)15(13)10-14/h1-5,7-8,10-11,18,21H,6,9H2,(H,19,20). The summed E-state index contributed by atoms with van der Waals surface area (Å²) in [5.74, 6) is 0.0820. The van der Waals surface area contributed by atoms with Crippen molar-refractivity contribution < 1.29 is 9.90 Å². The normalized spacial score (nSPS) is 10.7. The van der Waals surface area contributed by atoms with Gasteiger partial charge in [-0.2, -0.15) is 0 Å². The molecule has 0 fully saturated rings. The van der Waals surface area contributed by atoms with Crippen molar-refractivity contribution in [1.82, 2.24) is 4.98 Å². The van der Waals surface area contributed by atoms with Crippen LogP contribution in [0, 0.1) is 0 Å². The topological polar surface area (TPSA) is 65.1 Å². The van der Waals surface area contributed by atoms with Crippen molar-refractivity contribution in [3.05, 3.63) is 60.3 Å². The highest BCUT2D eigenvalue weighted by Gasteiger charge is 2.06. The molecule has 106 valence electrons. The van der Waals surface area contributed by atoms with Gasteiger partial charge in [-0.1, -0.05) is 36.4 Å². The Bertz CT molecular complexity index is 763. The van der Waals surface area contributed by atoms with E-state index in [-0.39, 0.29) is 11.8 Å². The van der Waals surface area contributed by atoms with Gasteiger partial charge in [-0.25, -0.2) is 0 Å². The first-order valence-electron chi connectivity index (χ1n) is 6.86. The van der Waals surface area contributed by atoms with E-state index in [0.29, 0.717) is 23.9 Å². The highest BCUT2D eigenvalue weighted by molar-refractivity contribution is 5.96. The van der Waals surface area contributed by atoms with Gasteiger partial charge >= 0.3 is 0 Å². The Balaban J connectivity index is 1.64. The maximum Gasteiger partial charge on any atom is 0.224 e. The van der Waals surface area contributed by atoms with Crippen LogP contribution >= 0.6 is 0 Å². The van der Waals surface area contributed by atoms with Gasteiger partial charge < -0.3 is 15.4 Å². The van der Waals surface area contributed by atoms with Crippen LogP contribution < -0.4 is 5.32 Å². The number of aryl methyl sites for hydroxylation is 1. The van der Waals surface area contributed by atoms with Crippen molar-refractivity contribution in [3.8, 4) is 5.88 Å². The molecule has 0 bridgehead atoms. The summed E-state index contributed by atoms with van der Waals surface area (Å²) < 4.78 is 0. The Morgan fingerprint density at radius 1 is 1.14 bits per heavy atom. The van der Waals surface area contributed by atoms with Crippen LogP contribution in [0.5, 0.6) is 5.88 Å². The smallest absolute Gasteiger partial charge is 0.224 e. The zero-order chi connectivity index (χ0) is 14.7. The van der Waals surface area contributed by atoms with Crippen LogP contribution in [-0.4, -0.2) is 16.0 Å². The Hall–Kier alpha value is -2.75. The fraction of sp³-hybridized carbons (Fsp3) is 0.118. The fourth-order valence-electron chi connectivity index (χ4n) is 2.31. The summed E-state index contributed by atoms with van der Waals surface area (Å²) in [4.78, 5) is 14.7. The van der Waals surface area contributed by atoms with E-state index < -0.39 is 0 Å². The van der Waals surface area contributed by atoms with E-state index in [2.05, 4.69) is 10.3 Å². The van der Waals surface area contributed by atoms with Crippen molar-refractivity contribution >= 4 is 22.4 Å². The van der Waals surface area contributed by atoms with Gasteiger partial charge in [0.25, 0.3) is 0 Å². The number of hydrogen-bond acceptors (Lipinski definition) is 2. The number of fused-ring (bicyclic) bond motifs is 1. The van der Waals surface area contributed by atoms with E-state index in [0.717, 1.165) is 10.9 Å². The maximum absolute atomic E-state index is 12.0. The number of H-pyrrole nitrogens is 1. The molecule has 0 radical (unpaired) electrons. The third-order valence-electron chi connectivity index (χ3n) is 3.44. The predicted molar refractivity (Wildman–Crippen MR) is 83.4 cm³/mol. The van der Waals surface area contributed by atoms with Gasteiger partial charge in [-0.05, 0) is 24.1 Å². The minimum atomic E-state index is -0.0340. The first-order chi connectivity index (χ1) is 10.2. The zero-order valence-corrected chi connectivity index (χ0v) is 11.5. The lowest BCUT2D eigenvalue weighted by Crippen LogP contribution is -2.12. The zero-order valence-electron chi connectivity index (χ0n) is 11.5. The molecule has 21 heavy (non-hydrogen) atoms. The number of benzene rings is 2. The minimum Gasteiger partial charge on any atom is -0.494 e. The molecule has 0 saturated heterocycles. The summed E-state index contributed by atoms with van der Waals surface area (Å²) in [5, 5.41) is 14.1. The second-order valence-electron chi connectivity index (χ2n) is 4.97. The van der Waals surface area contributed by atoms with Gasteiger partial charge in [0.1, 0.15) is 0 Å². The molecule has 3 aromatic rings. The molecule has 0 aliphatic carbocycles. The van der Waals surface area contributed by atoms with Crippen molar-refractivity contribution in [2.45, 2.75) is 12.8 Å². The second kappa shape index (κ2) is 5.71. The lowest BCUT2D eigenvalue weighted by atomic mass is 10.1. The molecule has 4 nitrogen and oxygen atoms in total. The lowest BCUT2D eigenvalue weighted by molar-refractivity contribution is -0.116. The third kappa shape index (κ3) is 3.05. The molecule has 0 saturated carbocycles. The number of anilines is 1. The average molecular weight is 280 g/mol. The van der Waals surface area contributed by atoms with Gasteiger partial charge in [0.15, 0.2) is 5.88 Å². The van der Waals surface area contributed by atoms with Crippen LogP contribution in [0.1, 0.15) is 12.0 Å². The Morgan fingerprint density at radius 2 is 1.95 bits per heavy atom. The van der Waals surface area contributed by atoms with Crippen LogP contribution in [0.15, 0.2) is 54.7 Å². The van der Waals surface area contributed by atoms with Crippen LogP contribution in [0.3, 0.4) is 0 Å². The highest BCUT2D eigenvalue weighted by atomic mass is 16.3. The van der Waals surface area contributed by atoms with Gasteiger partial charge in [-0.15, -0.1) is 0 Å². The molecule has 1 heterocycles. The number of rotatable bonds is 4. The Kier molecular flexibility index (Phi) is 3.60. The summed E-state index contributed by atoms with van der Waals surface area (Å²) in [6.45, 7) is 0. The van der Waals surface area contributed by atoms with Gasteiger partial charge in [-0.3, -0.25) is 4.79 Å². The van der Waals surface area contributed by atoms with Gasteiger partial charge in [0.05, 0.1) is 0 Å². The van der Waals surface area contributed by atoms with Crippen LogP contribution in [0.4, 0.5) is 5.69 Å². The first-order valence-corrected chi connectivity index (χ1v) is 6.86. The summed E-state index contributed by atoms with van der Waals surface area (Å²) >= 11 is 0. The first kappa shape index (κ1) is 13.2. The molecule has 0 unspecified atom stereocenters. The SMILES string of the molecule is O=C(CCc1ccccc1)Nc1ccc2c[nH]c(O)c2c1. The molecular weight excluding hydrogens is 264 g/mol. The summed E-state index contributed by atoms with van der Waals surface area (Å²) in [6, 6.07) is 15.4. The van der Waals surface area contributed by atoms with Crippen molar-refractivity contribution in [2.75, 3.05) is 5.32 Å². The quantitative estimate of drug-likeness (QED) is 0.685. The number of carbonyl (C=O) groups excluding carboxylic acids is 1. The number of aromatic nitrogens is 1. The van der Waals surface area contributed by atoms with Gasteiger partial charge in [0, 0.05) is 29.1 Å². The van der Waals surface area contributed by atoms with Crippen molar-refractivity contribution in [2.24, 2.45) is 0 Å². The van der Waals surface area contributed by atoms with Crippen LogP contribution in [-0.2, 0) is 11.2 Å². The number of amides is 1. The molecule has 0 aliphatic rings. The minimum absolute atomic E-state index is 0.0340. The number of carbonyl (C=O) groups is 1. The van der Waals surface area contributed by atoms with Gasteiger partial charge in [0.2, 0.25) is 5.91 Å². The maximum atomic E-state index is 12.0. The summed E-state index contributed by atoms with van der Waals surface area (Å²) in [7, 11) is 0. The van der Waals surface area contributed by atoms with E-state index in [4.69, 9.17) is 0 Å². The third-order valence-corrected chi connectivity index (χ3v) is 3.44. The number of nitrogens with one attached hydrogen (secondary N) is 2.